The van der Waals surface area contributed by atoms with Crippen molar-refractivity contribution < 1.29 is 14.5 Å². The second-order valence-electron chi connectivity index (χ2n) is 4.97. The van der Waals surface area contributed by atoms with Gasteiger partial charge in [0.05, 0.1) is 16.1 Å². The first kappa shape index (κ1) is 16.8. The number of pyridine rings is 1. The fraction of sp³-hybridized carbons (Fsp3) is 0.538. The van der Waals surface area contributed by atoms with Gasteiger partial charge in [-0.15, -0.1) is 0 Å². The van der Waals surface area contributed by atoms with Crippen LogP contribution in [0.2, 0.25) is 0 Å². The molecule has 0 fully saturated rings. The molecule has 0 saturated carbocycles. The van der Waals surface area contributed by atoms with Crippen LogP contribution in [0.4, 0.5) is 11.5 Å². The molecule has 0 saturated heterocycles. The maximum absolute atomic E-state index is 12.2. The first-order valence-corrected chi connectivity index (χ1v) is 6.55. The molecule has 0 bridgehead atoms. The molecule has 21 heavy (non-hydrogen) atoms. The Morgan fingerprint density at radius 2 is 2.19 bits per heavy atom. The predicted octanol–water partition coefficient (Wildman–Crippen LogP) is 1.58. The van der Waals surface area contributed by atoms with E-state index in [-0.39, 0.29) is 23.6 Å². The Kier molecular flexibility index (Phi) is 5.60. The Bertz CT molecular complexity index is 531. The number of anilines is 1. The van der Waals surface area contributed by atoms with Crippen molar-refractivity contribution in [3.05, 3.63) is 27.9 Å². The van der Waals surface area contributed by atoms with Gasteiger partial charge in [-0.25, -0.2) is 4.98 Å². The molecule has 8 nitrogen and oxygen atoms in total. The van der Waals surface area contributed by atoms with Gasteiger partial charge in [-0.05, 0) is 20.8 Å². The lowest BCUT2D eigenvalue weighted by Gasteiger charge is -2.25. The van der Waals surface area contributed by atoms with Crippen molar-refractivity contribution in [1.29, 1.82) is 0 Å². The van der Waals surface area contributed by atoms with Crippen LogP contribution in [0, 0.1) is 10.1 Å². The number of nitrogens with zero attached hydrogens (tertiary/aromatic N) is 2. The first-order chi connectivity index (χ1) is 9.80. The SMILES string of the molecule is CCOC(C)(C)CNC(=O)c1cc([N+](=O)[O-])cnc1NC. The van der Waals surface area contributed by atoms with Gasteiger partial charge in [0.1, 0.15) is 12.0 Å². The Balaban J connectivity index is 2.90. The lowest BCUT2D eigenvalue weighted by Crippen LogP contribution is -2.40. The van der Waals surface area contributed by atoms with Gasteiger partial charge in [0.15, 0.2) is 0 Å². The lowest BCUT2D eigenvalue weighted by atomic mass is 10.1. The molecule has 1 rings (SSSR count). The van der Waals surface area contributed by atoms with Gasteiger partial charge in [-0.2, -0.15) is 0 Å². The topological polar surface area (TPSA) is 106 Å². The number of nitrogens with one attached hydrogen (secondary N) is 2. The van der Waals surface area contributed by atoms with Crippen LogP contribution in [-0.4, -0.2) is 41.6 Å². The summed E-state index contributed by atoms with van der Waals surface area (Å²) >= 11 is 0. The summed E-state index contributed by atoms with van der Waals surface area (Å²) in [5.41, 5.74) is -0.625. The van der Waals surface area contributed by atoms with E-state index in [4.69, 9.17) is 4.74 Å². The normalized spacial score (nSPS) is 11.0. The number of carbonyl (C=O) groups is 1. The maximum Gasteiger partial charge on any atom is 0.288 e. The Labute approximate surface area is 123 Å². The number of carbonyl (C=O) groups excluding carboxylic acids is 1. The van der Waals surface area contributed by atoms with Gasteiger partial charge < -0.3 is 15.4 Å². The molecule has 0 radical (unpaired) electrons. The van der Waals surface area contributed by atoms with Crippen molar-refractivity contribution in [2.24, 2.45) is 0 Å². The largest absolute Gasteiger partial charge is 0.374 e. The van der Waals surface area contributed by atoms with Crippen molar-refractivity contribution >= 4 is 17.4 Å². The summed E-state index contributed by atoms with van der Waals surface area (Å²) in [5.74, 6) is -0.157. The molecule has 1 amide bonds. The molecular weight excluding hydrogens is 276 g/mol. The predicted molar refractivity (Wildman–Crippen MR) is 78.5 cm³/mol. The van der Waals surface area contributed by atoms with E-state index in [2.05, 4.69) is 15.6 Å². The van der Waals surface area contributed by atoms with E-state index in [1.165, 1.54) is 6.07 Å². The summed E-state index contributed by atoms with van der Waals surface area (Å²) in [6.45, 7) is 6.38. The van der Waals surface area contributed by atoms with Crippen molar-refractivity contribution in [2.45, 2.75) is 26.4 Å². The van der Waals surface area contributed by atoms with Crippen LogP contribution < -0.4 is 10.6 Å². The second-order valence-corrected chi connectivity index (χ2v) is 4.97. The average molecular weight is 296 g/mol. The second kappa shape index (κ2) is 6.98. The smallest absolute Gasteiger partial charge is 0.288 e. The summed E-state index contributed by atoms with van der Waals surface area (Å²) in [6, 6.07) is 1.20. The van der Waals surface area contributed by atoms with Crippen LogP contribution in [0.25, 0.3) is 0 Å². The molecule has 1 heterocycles. The Hall–Kier alpha value is -2.22. The number of hydrogen-bond donors (Lipinski definition) is 2. The van der Waals surface area contributed by atoms with E-state index in [0.29, 0.717) is 6.61 Å². The van der Waals surface area contributed by atoms with E-state index >= 15 is 0 Å². The molecule has 1 aromatic rings. The summed E-state index contributed by atoms with van der Waals surface area (Å²) in [5, 5.41) is 16.2. The van der Waals surface area contributed by atoms with Crippen LogP contribution >= 0.6 is 0 Å². The Morgan fingerprint density at radius 1 is 1.52 bits per heavy atom. The standard InChI is InChI=1S/C13H20N4O4/c1-5-21-13(2,3)8-16-12(18)10-6-9(17(19)20)7-15-11(10)14-4/h6-7H,5,8H2,1-4H3,(H,14,15)(H,16,18). The van der Waals surface area contributed by atoms with Crippen LogP contribution in [-0.2, 0) is 4.74 Å². The summed E-state index contributed by atoms with van der Waals surface area (Å²) in [6.07, 6.45) is 1.10. The van der Waals surface area contributed by atoms with E-state index in [9.17, 15) is 14.9 Å². The van der Waals surface area contributed by atoms with E-state index < -0.39 is 16.4 Å². The molecule has 0 unspecified atom stereocenters. The number of aromatic nitrogens is 1. The zero-order valence-corrected chi connectivity index (χ0v) is 12.6. The van der Waals surface area contributed by atoms with Crippen molar-refractivity contribution in [1.82, 2.24) is 10.3 Å². The summed E-state index contributed by atoms with van der Waals surface area (Å²) in [7, 11) is 1.59. The van der Waals surface area contributed by atoms with Gasteiger partial charge in [0.2, 0.25) is 0 Å². The molecule has 8 heteroatoms. The number of amides is 1. The molecule has 0 aromatic carbocycles. The first-order valence-electron chi connectivity index (χ1n) is 6.55. The van der Waals surface area contributed by atoms with Crippen molar-refractivity contribution in [3.63, 3.8) is 0 Å². The highest BCUT2D eigenvalue weighted by molar-refractivity contribution is 5.99. The molecule has 0 aliphatic rings. The van der Waals surface area contributed by atoms with Gasteiger partial charge in [-0.3, -0.25) is 14.9 Å². The van der Waals surface area contributed by atoms with Gasteiger partial charge in [0.25, 0.3) is 11.6 Å². The summed E-state index contributed by atoms with van der Waals surface area (Å²) in [4.78, 5) is 26.2. The molecule has 0 aliphatic carbocycles. The maximum atomic E-state index is 12.2. The number of nitro groups is 1. The highest BCUT2D eigenvalue weighted by Gasteiger charge is 2.22. The number of rotatable bonds is 7. The van der Waals surface area contributed by atoms with E-state index in [1.807, 2.05) is 20.8 Å². The third-order valence-electron chi connectivity index (χ3n) is 2.78. The molecule has 0 aliphatic heterocycles. The fourth-order valence-corrected chi connectivity index (χ4v) is 1.76. The minimum atomic E-state index is -0.590. The van der Waals surface area contributed by atoms with Crippen molar-refractivity contribution in [3.8, 4) is 0 Å². The number of ether oxygens (including phenoxy) is 1. The van der Waals surface area contributed by atoms with Gasteiger partial charge >= 0.3 is 0 Å². The van der Waals surface area contributed by atoms with Gasteiger partial charge in [-0.1, -0.05) is 0 Å². The zero-order valence-electron chi connectivity index (χ0n) is 12.6. The monoisotopic (exact) mass is 296 g/mol. The number of hydrogen-bond acceptors (Lipinski definition) is 6. The molecule has 2 N–H and O–H groups in total. The minimum absolute atomic E-state index is 0.124. The van der Waals surface area contributed by atoms with Crippen LogP contribution in [0.5, 0.6) is 0 Å². The summed E-state index contributed by atoms with van der Waals surface area (Å²) < 4.78 is 5.48. The van der Waals surface area contributed by atoms with Gasteiger partial charge in [0, 0.05) is 26.3 Å². The molecule has 116 valence electrons. The van der Waals surface area contributed by atoms with E-state index in [0.717, 1.165) is 6.20 Å². The highest BCUT2D eigenvalue weighted by Crippen LogP contribution is 2.19. The van der Waals surface area contributed by atoms with E-state index in [1.54, 1.807) is 7.05 Å². The lowest BCUT2D eigenvalue weighted by molar-refractivity contribution is -0.385. The molecule has 0 atom stereocenters. The average Bonchev–Trinajstić information content (AvgIpc) is 2.44. The zero-order chi connectivity index (χ0) is 16.0. The van der Waals surface area contributed by atoms with Crippen molar-refractivity contribution in [2.75, 3.05) is 25.5 Å². The molecule has 0 spiro atoms. The molecular formula is C13H20N4O4. The van der Waals surface area contributed by atoms with Crippen LogP contribution in [0.15, 0.2) is 12.3 Å². The third kappa shape index (κ3) is 4.67. The van der Waals surface area contributed by atoms with Crippen LogP contribution in [0.3, 0.4) is 0 Å². The fourth-order valence-electron chi connectivity index (χ4n) is 1.76. The quantitative estimate of drug-likeness (QED) is 0.584. The minimum Gasteiger partial charge on any atom is -0.374 e. The Morgan fingerprint density at radius 3 is 2.71 bits per heavy atom. The van der Waals surface area contributed by atoms with Crippen LogP contribution in [0.1, 0.15) is 31.1 Å². The third-order valence-corrected chi connectivity index (χ3v) is 2.78. The molecule has 1 aromatic heterocycles. The highest BCUT2D eigenvalue weighted by atomic mass is 16.6.